The molecule has 0 bridgehead atoms. The van der Waals surface area contributed by atoms with Crippen molar-refractivity contribution in [1.82, 2.24) is 19.6 Å². The van der Waals surface area contributed by atoms with Gasteiger partial charge in [0.2, 0.25) is 0 Å². The molecule has 1 aromatic heterocycles. The lowest BCUT2D eigenvalue weighted by atomic mass is 9.88. The summed E-state index contributed by atoms with van der Waals surface area (Å²) in [6, 6.07) is 0.555. The summed E-state index contributed by atoms with van der Waals surface area (Å²) in [5, 5.41) is 4.28. The summed E-state index contributed by atoms with van der Waals surface area (Å²) in [5.41, 5.74) is 1.61. The fourth-order valence-corrected chi connectivity index (χ4v) is 4.32. The van der Waals surface area contributed by atoms with E-state index in [2.05, 4.69) is 10.00 Å². The molecule has 4 rings (SSSR count). The second-order valence-corrected chi connectivity index (χ2v) is 7.22. The van der Waals surface area contributed by atoms with E-state index in [1.54, 1.807) is 6.20 Å². The van der Waals surface area contributed by atoms with Crippen LogP contribution in [-0.2, 0) is 11.3 Å². The van der Waals surface area contributed by atoms with Crippen LogP contribution in [0.2, 0.25) is 0 Å². The minimum absolute atomic E-state index is 0.0857. The van der Waals surface area contributed by atoms with Crippen LogP contribution in [0, 0.1) is 6.92 Å². The highest BCUT2D eigenvalue weighted by Crippen LogP contribution is 2.38. The molecule has 23 heavy (non-hydrogen) atoms. The van der Waals surface area contributed by atoms with Gasteiger partial charge in [-0.3, -0.25) is 14.4 Å². The van der Waals surface area contributed by atoms with E-state index in [-0.39, 0.29) is 11.5 Å². The Hall–Kier alpha value is -1.40. The zero-order valence-corrected chi connectivity index (χ0v) is 14.1. The van der Waals surface area contributed by atoms with Crippen LogP contribution < -0.4 is 0 Å². The topological polar surface area (TPSA) is 50.6 Å². The van der Waals surface area contributed by atoms with Crippen LogP contribution in [0.3, 0.4) is 0 Å². The summed E-state index contributed by atoms with van der Waals surface area (Å²) in [6.45, 7) is 9.51. The van der Waals surface area contributed by atoms with Crippen molar-refractivity contribution in [2.24, 2.45) is 0 Å². The molecule has 0 N–H and O–H groups in total. The van der Waals surface area contributed by atoms with E-state index < -0.39 is 0 Å². The summed E-state index contributed by atoms with van der Waals surface area (Å²) in [6.07, 6.45) is 5.41. The van der Waals surface area contributed by atoms with Gasteiger partial charge in [-0.05, 0) is 46.2 Å². The van der Waals surface area contributed by atoms with Gasteiger partial charge >= 0.3 is 0 Å². The number of hydrogen-bond acceptors (Lipinski definition) is 4. The van der Waals surface area contributed by atoms with Crippen LogP contribution in [-0.4, -0.2) is 69.9 Å². The highest BCUT2D eigenvalue weighted by atomic mass is 16.5. The molecule has 1 amide bonds. The molecule has 0 saturated carbocycles. The molecule has 3 aliphatic heterocycles. The van der Waals surface area contributed by atoms with Crippen molar-refractivity contribution in [3.8, 4) is 0 Å². The maximum absolute atomic E-state index is 12.7. The van der Waals surface area contributed by atoms with Crippen molar-refractivity contribution in [3.05, 3.63) is 17.5 Å². The summed E-state index contributed by atoms with van der Waals surface area (Å²) in [5.74, 6) is 0.0982. The second kappa shape index (κ2) is 5.60. The van der Waals surface area contributed by atoms with Gasteiger partial charge < -0.3 is 9.64 Å². The van der Waals surface area contributed by atoms with E-state index in [1.807, 2.05) is 23.4 Å². The molecule has 0 aromatic carbocycles. The average Bonchev–Trinajstić information content (AvgIpc) is 3.23. The van der Waals surface area contributed by atoms with Gasteiger partial charge in [-0.1, -0.05) is 0 Å². The first kappa shape index (κ1) is 15.1. The Morgan fingerprint density at radius 1 is 1.39 bits per heavy atom. The van der Waals surface area contributed by atoms with Crippen LogP contribution in [0.5, 0.6) is 0 Å². The number of ether oxygens (including phenoxy) is 1. The maximum Gasteiger partial charge on any atom is 0.257 e. The van der Waals surface area contributed by atoms with E-state index in [4.69, 9.17) is 4.74 Å². The van der Waals surface area contributed by atoms with Crippen molar-refractivity contribution in [2.45, 2.75) is 51.3 Å². The molecule has 3 saturated heterocycles. The number of carbonyl (C=O) groups excluding carboxylic acids is 1. The first-order chi connectivity index (χ1) is 11.1. The Balaban J connectivity index is 1.37. The molecular weight excluding hydrogens is 292 g/mol. The minimum Gasteiger partial charge on any atom is -0.370 e. The predicted octanol–water partition coefficient (Wildman–Crippen LogP) is 1.29. The molecule has 0 radical (unpaired) electrons. The van der Waals surface area contributed by atoms with Crippen LogP contribution >= 0.6 is 0 Å². The zero-order chi connectivity index (χ0) is 16.0. The summed E-state index contributed by atoms with van der Waals surface area (Å²) in [4.78, 5) is 17.1. The Morgan fingerprint density at radius 3 is 2.78 bits per heavy atom. The van der Waals surface area contributed by atoms with Crippen LogP contribution in [0.25, 0.3) is 0 Å². The van der Waals surface area contributed by atoms with Crippen LogP contribution in [0.1, 0.15) is 42.2 Å². The van der Waals surface area contributed by atoms with Crippen molar-refractivity contribution in [1.29, 1.82) is 0 Å². The van der Waals surface area contributed by atoms with E-state index >= 15 is 0 Å². The molecule has 0 aliphatic carbocycles. The molecule has 4 heterocycles. The third-order valence-electron chi connectivity index (χ3n) is 5.72. The normalized spacial score (nSPS) is 26.9. The van der Waals surface area contributed by atoms with Crippen molar-refractivity contribution in [2.75, 3.05) is 32.8 Å². The Morgan fingerprint density at radius 2 is 2.13 bits per heavy atom. The van der Waals surface area contributed by atoms with Crippen molar-refractivity contribution >= 4 is 5.91 Å². The Kier molecular flexibility index (Phi) is 3.69. The molecule has 6 heteroatoms. The van der Waals surface area contributed by atoms with Gasteiger partial charge in [-0.25, -0.2) is 0 Å². The highest BCUT2D eigenvalue weighted by molar-refractivity contribution is 5.95. The molecule has 3 fully saturated rings. The van der Waals surface area contributed by atoms with Crippen molar-refractivity contribution < 1.29 is 9.53 Å². The standard InChI is InChI=1S/C17H26N4O2/c1-3-21-13(2)15(9-18-21)16(22)20-11-17(12-20)8-14(10-23-17)19-6-4-5-7-19/h9,14H,3-8,10-12H2,1-2H3. The summed E-state index contributed by atoms with van der Waals surface area (Å²) in [7, 11) is 0. The number of amides is 1. The van der Waals surface area contributed by atoms with Crippen LogP contribution in [0.15, 0.2) is 6.20 Å². The lowest BCUT2D eigenvalue weighted by Gasteiger charge is -2.47. The smallest absolute Gasteiger partial charge is 0.257 e. The molecule has 1 atom stereocenters. The van der Waals surface area contributed by atoms with E-state index in [0.717, 1.165) is 43.9 Å². The maximum atomic E-state index is 12.7. The lowest BCUT2D eigenvalue weighted by Crippen LogP contribution is -2.63. The minimum atomic E-state index is -0.0857. The molecule has 3 aliphatic rings. The third kappa shape index (κ3) is 2.48. The first-order valence-corrected chi connectivity index (χ1v) is 8.81. The highest BCUT2D eigenvalue weighted by Gasteiger charge is 2.52. The predicted molar refractivity (Wildman–Crippen MR) is 86.4 cm³/mol. The quantitative estimate of drug-likeness (QED) is 0.843. The van der Waals surface area contributed by atoms with Gasteiger partial charge in [0, 0.05) is 18.3 Å². The SMILES string of the molecule is CCn1ncc(C(=O)N2CC3(CC(N4CCCC4)CO3)C2)c1C. The lowest BCUT2D eigenvalue weighted by molar-refractivity contribution is -0.0950. The number of rotatable bonds is 3. The molecular formula is C17H26N4O2. The first-order valence-electron chi connectivity index (χ1n) is 8.81. The number of nitrogens with zero attached hydrogens (tertiary/aromatic N) is 4. The Bertz CT molecular complexity index is 600. The zero-order valence-electron chi connectivity index (χ0n) is 14.1. The number of hydrogen-bond donors (Lipinski definition) is 0. The van der Waals surface area contributed by atoms with E-state index in [9.17, 15) is 4.79 Å². The molecule has 126 valence electrons. The largest absolute Gasteiger partial charge is 0.370 e. The third-order valence-corrected chi connectivity index (χ3v) is 5.72. The number of likely N-dealkylation sites (tertiary alicyclic amines) is 2. The summed E-state index contributed by atoms with van der Waals surface area (Å²) < 4.78 is 7.99. The number of aromatic nitrogens is 2. The molecule has 1 unspecified atom stereocenters. The Labute approximate surface area is 137 Å². The van der Waals surface area contributed by atoms with E-state index in [0.29, 0.717) is 6.04 Å². The fraction of sp³-hybridized carbons (Fsp3) is 0.765. The number of aryl methyl sites for hydroxylation is 1. The molecule has 1 aromatic rings. The fourth-order valence-electron chi connectivity index (χ4n) is 4.32. The monoisotopic (exact) mass is 318 g/mol. The van der Waals surface area contributed by atoms with Gasteiger partial charge in [0.1, 0.15) is 5.60 Å². The van der Waals surface area contributed by atoms with Gasteiger partial charge in [0.05, 0.1) is 31.5 Å². The van der Waals surface area contributed by atoms with Gasteiger partial charge in [0.15, 0.2) is 0 Å². The van der Waals surface area contributed by atoms with Gasteiger partial charge in [-0.15, -0.1) is 0 Å². The van der Waals surface area contributed by atoms with Gasteiger partial charge in [0.25, 0.3) is 5.91 Å². The molecule has 6 nitrogen and oxygen atoms in total. The van der Waals surface area contributed by atoms with Crippen LogP contribution in [0.4, 0.5) is 0 Å². The van der Waals surface area contributed by atoms with Gasteiger partial charge in [-0.2, -0.15) is 5.10 Å². The second-order valence-electron chi connectivity index (χ2n) is 7.22. The average molecular weight is 318 g/mol. The van der Waals surface area contributed by atoms with E-state index in [1.165, 1.54) is 25.9 Å². The molecule has 1 spiro atoms. The number of carbonyl (C=O) groups is 1. The van der Waals surface area contributed by atoms with Crippen molar-refractivity contribution in [3.63, 3.8) is 0 Å². The summed E-state index contributed by atoms with van der Waals surface area (Å²) >= 11 is 0.